The lowest BCUT2D eigenvalue weighted by atomic mass is 10.1. The van der Waals surface area contributed by atoms with Gasteiger partial charge in [0.1, 0.15) is 0 Å². The van der Waals surface area contributed by atoms with E-state index in [4.69, 9.17) is 15.3 Å². The molecule has 1 saturated heterocycles. The van der Waals surface area contributed by atoms with Crippen LogP contribution in [0.3, 0.4) is 0 Å². The average molecular weight is 175 g/mol. The molecular formula is C7H13NO4. The van der Waals surface area contributed by atoms with Gasteiger partial charge in [-0.05, 0) is 0 Å². The minimum Gasteiger partial charge on any atom is -0.480 e. The number of piperidine rings is 1. The highest BCUT2D eigenvalue weighted by molar-refractivity contribution is 5.69. The number of carboxylic acids is 1. The Labute approximate surface area is 70.2 Å². The van der Waals surface area contributed by atoms with E-state index in [0.717, 1.165) is 0 Å². The van der Waals surface area contributed by atoms with Crippen LogP contribution in [0, 0.1) is 0 Å². The Balaban J connectivity index is 2.38. The van der Waals surface area contributed by atoms with Gasteiger partial charge in [-0.3, -0.25) is 9.69 Å². The largest absolute Gasteiger partial charge is 0.480 e. The molecule has 70 valence electrons. The molecule has 0 aromatic carbocycles. The fourth-order valence-corrected chi connectivity index (χ4v) is 1.45. The number of aliphatic carboxylic acids is 1. The summed E-state index contributed by atoms with van der Waals surface area (Å²) in [6, 6.07) is 0. The molecule has 12 heavy (non-hydrogen) atoms. The summed E-state index contributed by atoms with van der Waals surface area (Å²) in [6.45, 7) is 0.556. The predicted molar refractivity (Wildman–Crippen MR) is 40.7 cm³/mol. The van der Waals surface area contributed by atoms with E-state index in [1.165, 1.54) is 4.90 Å². The molecule has 5 nitrogen and oxygen atoms in total. The first-order valence-electron chi connectivity index (χ1n) is 3.88. The normalized spacial score (nSPS) is 31.8. The van der Waals surface area contributed by atoms with E-state index >= 15 is 0 Å². The molecule has 5 heteroatoms. The van der Waals surface area contributed by atoms with Crippen LogP contribution in [0.2, 0.25) is 0 Å². The van der Waals surface area contributed by atoms with Gasteiger partial charge < -0.3 is 15.3 Å². The number of carboxylic acid groups (broad SMARTS) is 1. The summed E-state index contributed by atoms with van der Waals surface area (Å²) in [5.74, 6) is -0.934. The molecule has 1 fully saturated rings. The van der Waals surface area contributed by atoms with Crippen LogP contribution in [-0.4, -0.2) is 58.0 Å². The van der Waals surface area contributed by atoms with Crippen molar-refractivity contribution in [2.24, 2.45) is 0 Å². The van der Waals surface area contributed by atoms with Crippen molar-refractivity contribution in [2.75, 3.05) is 19.6 Å². The molecule has 0 saturated carbocycles. The fourth-order valence-electron chi connectivity index (χ4n) is 1.45. The molecular weight excluding hydrogens is 162 g/mol. The van der Waals surface area contributed by atoms with Crippen LogP contribution < -0.4 is 0 Å². The molecule has 0 aliphatic carbocycles. The number of hydrogen-bond acceptors (Lipinski definition) is 4. The van der Waals surface area contributed by atoms with E-state index in [0.29, 0.717) is 19.5 Å². The van der Waals surface area contributed by atoms with Gasteiger partial charge in [0.05, 0.1) is 18.8 Å². The number of aliphatic hydroxyl groups excluding tert-OH is 2. The van der Waals surface area contributed by atoms with Crippen molar-refractivity contribution >= 4 is 5.97 Å². The molecule has 2 unspecified atom stereocenters. The molecule has 0 aromatic heterocycles. The van der Waals surface area contributed by atoms with Gasteiger partial charge in [-0.2, -0.15) is 0 Å². The molecule has 0 spiro atoms. The minimum atomic E-state index is -0.934. The van der Waals surface area contributed by atoms with E-state index in [-0.39, 0.29) is 6.54 Å². The van der Waals surface area contributed by atoms with Crippen molar-refractivity contribution in [1.82, 2.24) is 4.90 Å². The Morgan fingerprint density at radius 2 is 1.83 bits per heavy atom. The topological polar surface area (TPSA) is 81.0 Å². The maximum Gasteiger partial charge on any atom is 0.317 e. The Kier molecular flexibility index (Phi) is 3.02. The van der Waals surface area contributed by atoms with Gasteiger partial charge in [0.2, 0.25) is 0 Å². The SMILES string of the molecule is O=C(O)CN1CC(O)CC(O)C1. The summed E-state index contributed by atoms with van der Waals surface area (Å²) >= 11 is 0. The summed E-state index contributed by atoms with van der Waals surface area (Å²) in [4.78, 5) is 11.8. The smallest absolute Gasteiger partial charge is 0.317 e. The van der Waals surface area contributed by atoms with Gasteiger partial charge in [-0.25, -0.2) is 0 Å². The third-order valence-corrected chi connectivity index (χ3v) is 1.84. The first-order valence-corrected chi connectivity index (χ1v) is 3.88. The van der Waals surface area contributed by atoms with Gasteiger partial charge in [-0.1, -0.05) is 0 Å². The maximum absolute atomic E-state index is 10.3. The second-order valence-electron chi connectivity index (χ2n) is 3.13. The van der Waals surface area contributed by atoms with Crippen LogP contribution >= 0.6 is 0 Å². The van der Waals surface area contributed by atoms with Gasteiger partial charge in [0.25, 0.3) is 0 Å². The zero-order valence-corrected chi connectivity index (χ0v) is 6.68. The molecule has 1 aliphatic rings. The van der Waals surface area contributed by atoms with Crippen LogP contribution in [0.5, 0.6) is 0 Å². The van der Waals surface area contributed by atoms with Crippen LogP contribution in [0.4, 0.5) is 0 Å². The number of likely N-dealkylation sites (tertiary alicyclic amines) is 1. The minimum absolute atomic E-state index is 0.117. The van der Waals surface area contributed by atoms with Crippen LogP contribution in [0.15, 0.2) is 0 Å². The second-order valence-corrected chi connectivity index (χ2v) is 3.13. The highest BCUT2D eigenvalue weighted by atomic mass is 16.4. The molecule has 0 amide bonds. The first kappa shape index (κ1) is 9.44. The number of rotatable bonds is 2. The van der Waals surface area contributed by atoms with E-state index in [2.05, 4.69) is 0 Å². The lowest BCUT2D eigenvalue weighted by Crippen LogP contribution is -2.47. The standard InChI is InChI=1S/C7H13NO4/c9-5-1-6(10)3-8(2-5)4-7(11)12/h5-6,9-10H,1-4H2,(H,11,12). The van der Waals surface area contributed by atoms with Crippen molar-refractivity contribution in [3.8, 4) is 0 Å². The second kappa shape index (κ2) is 3.84. The van der Waals surface area contributed by atoms with Crippen molar-refractivity contribution < 1.29 is 20.1 Å². The van der Waals surface area contributed by atoms with E-state index in [9.17, 15) is 4.79 Å². The van der Waals surface area contributed by atoms with Crippen LogP contribution in [0.25, 0.3) is 0 Å². The fraction of sp³-hybridized carbons (Fsp3) is 0.857. The summed E-state index contributed by atoms with van der Waals surface area (Å²) in [5.41, 5.74) is 0. The number of nitrogens with zero attached hydrogens (tertiary/aromatic N) is 1. The molecule has 1 aliphatic heterocycles. The first-order chi connectivity index (χ1) is 5.58. The molecule has 1 rings (SSSR count). The third-order valence-electron chi connectivity index (χ3n) is 1.84. The molecule has 2 atom stereocenters. The van der Waals surface area contributed by atoms with Gasteiger partial charge >= 0.3 is 5.97 Å². The lowest BCUT2D eigenvalue weighted by molar-refractivity contribution is -0.139. The van der Waals surface area contributed by atoms with E-state index in [1.807, 2.05) is 0 Å². The summed E-state index contributed by atoms with van der Waals surface area (Å²) in [5, 5.41) is 26.8. The molecule has 3 N–H and O–H groups in total. The Bertz CT molecular complexity index is 163. The summed E-state index contributed by atoms with van der Waals surface area (Å²) < 4.78 is 0. The van der Waals surface area contributed by atoms with Crippen molar-refractivity contribution in [3.63, 3.8) is 0 Å². The van der Waals surface area contributed by atoms with E-state index < -0.39 is 18.2 Å². The Morgan fingerprint density at radius 1 is 1.33 bits per heavy atom. The molecule has 0 radical (unpaired) electrons. The van der Waals surface area contributed by atoms with Gasteiger partial charge in [-0.15, -0.1) is 0 Å². The lowest BCUT2D eigenvalue weighted by Gasteiger charge is -2.31. The summed E-state index contributed by atoms with van der Waals surface area (Å²) in [6.07, 6.45) is -0.864. The number of β-amino-alcohol motifs (C(OH)–C–C–N with tert-alkyl or cyclic N) is 2. The summed E-state index contributed by atoms with van der Waals surface area (Å²) in [7, 11) is 0. The number of hydrogen-bond donors (Lipinski definition) is 3. The Hall–Kier alpha value is -0.650. The van der Waals surface area contributed by atoms with Crippen LogP contribution in [0.1, 0.15) is 6.42 Å². The third kappa shape index (κ3) is 2.77. The quantitative estimate of drug-likeness (QED) is 0.476. The Morgan fingerprint density at radius 3 is 2.25 bits per heavy atom. The van der Waals surface area contributed by atoms with Crippen molar-refractivity contribution in [3.05, 3.63) is 0 Å². The van der Waals surface area contributed by atoms with Crippen molar-refractivity contribution in [1.29, 1.82) is 0 Å². The van der Waals surface area contributed by atoms with Gasteiger partial charge in [0, 0.05) is 19.5 Å². The maximum atomic E-state index is 10.3. The molecule has 0 aromatic rings. The zero-order valence-electron chi connectivity index (χ0n) is 6.68. The van der Waals surface area contributed by atoms with Crippen molar-refractivity contribution in [2.45, 2.75) is 18.6 Å². The van der Waals surface area contributed by atoms with Crippen LogP contribution in [-0.2, 0) is 4.79 Å². The number of carbonyl (C=O) groups is 1. The monoisotopic (exact) mass is 175 g/mol. The number of aliphatic hydroxyl groups is 2. The average Bonchev–Trinajstić information content (AvgIpc) is 1.81. The van der Waals surface area contributed by atoms with Gasteiger partial charge in [0.15, 0.2) is 0 Å². The predicted octanol–water partition coefficient (Wildman–Crippen LogP) is -1.50. The molecule has 1 heterocycles. The highest BCUT2D eigenvalue weighted by Gasteiger charge is 2.25. The zero-order chi connectivity index (χ0) is 9.14. The highest BCUT2D eigenvalue weighted by Crippen LogP contribution is 2.09. The van der Waals surface area contributed by atoms with E-state index in [1.54, 1.807) is 0 Å². The molecule has 0 bridgehead atoms.